The van der Waals surface area contributed by atoms with Crippen LogP contribution in [0.4, 0.5) is 20.9 Å². The Labute approximate surface area is 195 Å². The fourth-order valence-corrected chi connectivity index (χ4v) is 6.17. The fraction of sp³-hybridized carbons (Fsp3) is 0.400. The van der Waals surface area contributed by atoms with Gasteiger partial charge in [-0.2, -0.15) is 5.10 Å². The summed E-state index contributed by atoms with van der Waals surface area (Å²) in [6.45, 7) is 0. The van der Waals surface area contributed by atoms with E-state index in [-0.39, 0.29) is 22.2 Å². The zero-order valence-electron chi connectivity index (χ0n) is 17.6. The Balaban J connectivity index is 1.56. The van der Waals surface area contributed by atoms with Gasteiger partial charge in [-0.05, 0) is 25.0 Å². The number of hydrogen-bond donors (Lipinski definition) is 2. The minimum absolute atomic E-state index is 0.0155. The van der Waals surface area contributed by atoms with Crippen molar-refractivity contribution in [1.82, 2.24) is 14.8 Å². The number of hydrogen-bond acceptors (Lipinski definition) is 7. The van der Waals surface area contributed by atoms with Crippen LogP contribution < -0.4 is 14.9 Å². The molecule has 0 radical (unpaired) electrons. The highest BCUT2D eigenvalue weighted by molar-refractivity contribution is 7.93. The van der Waals surface area contributed by atoms with Gasteiger partial charge in [-0.3, -0.25) is 9.40 Å². The normalized spacial score (nSPS) is 19.0. The van der Waals surface area contributed by atoms with Crippen LogP contribution in [0.15, 0.2) is 41.0 Å². The second kappa shape index (κ2) is 9.24. The number of sulfonamides is 1. The molecule has 0 amide bonds. The molecule has 4 rings (SSSR count). The second-order valence-corrected chi connectivity index (χ2v) is 10.7. The molecule has 0 saturated heterocycles. The number of aryl methyl sites for hydroxylation is 1. The number of nitrogens with one attached hydrogen (secondary N) is 2. The molecule has 0 aliphatic heterocycles. The third-order valence-corrected chi connectivity index (χ3v) is 8.12. The van der Waals surface area contributed by atoms with Crippen LogP contribution in [-0.2, 0) is 17.1 Å². The molecule has 2 aromatic heterocycles. The number of anilines is 3. The van der Waals surface area contributed by atoms with Crippen molar-refractivity contribution in [3.05, 3.63) is 46.9 Å². The monoisotopic (exact) mass is 498 g/mol. The van der Waals surface area contributed by atoms with E-state index in [4.69, 9.17) is 11.6 Å². The topological polar surface area (TPSA) is 92.2 Å². The summed E-state index contributed by atoms with van der Waals surface area (Å²) in [6.07, 6.45) is 9.21. The van der Waals surface area contributed by atoms with Crippen molar-refractivity contribution >= 4 is 49.5 Å². The largest absolute Gasteiger partial charge is 0.379 e. The standard InChI is InChI=1S/C20H24ClFN6O2S2/c1-27-12-13(11-24-27)28(2)18-6-4-3-5-16(18)25-17-10-15(22)19(9-14(17)21)32(29,30)26-20-23-7-8-31-20/h7-12,16,18,25H,3-6H2,1-2H3,(H,23,26)/t16-,18-/m0/s1. The number of nitrogens with zero attached hydrogens (tertiary/aromatic N) is 4. The van der Waals surface area contributed by atoms with Crippen LogP contribution in [0.1, 0.15) is 25.7 Å². The molecule has 2 heterocycles. The van der Waals surface area contributed by atoms with E-state index in [2.05, 4.69) is 25.0 Å². The van der Waals surface area contributed by atoms with Crippen molar-refractivity contribution in [2.24, 2.45) is 7.05 Å². The Morgan fingerprint density at radius 3 is 2.78 bits per heavy atom. The summed E-state index contributed by atoms with van der Waals surface area (Å²) in [5.74, 6) is -0.881. The third-order valence-electron chi connectivity index (χ3n) is 5.63. The maximum atomic E-state index is 14.9. The molecule has 2 N–H and O–H groups in total. The van der Waals surface area contributed by atoms with Gasteiger partial charge in [-0.25, -0.2) is 17.8 Å². The van der Waals surface area contributed by atoms with Crippen LogP contribution in [0.3, 0.4) is 0 Å². The molecule has 1 fully saturated rings. The molecule has 0 unspecified atom stereocenters. The zero-order chi connectivity index (χ0) is 22.9. The van der Waals surface area contributed by atoms with Crippen molar-refractivity contribution < 1.29 is 12.8 Å². The Morgan fingerprint density at radius 1 is 1.31 bits per heavy atom. The van der Waals surface area contributed by atoms with Crippen molar-refractivity contribution in [3.63, 3.8) is 0 Å². The van der Waals surface area contributed by atoms with Gasteiger partial charge < -0.3 is 10.2 Å². The van der Waals surface area contributed by atoms with Gasteiger partial charge in [-0.1, -0.05) is 24.4 Å². The van der Waals surface area contributed by atoms with Gasteiger partial charge in [0, 0.05) is 44.0 Å². The van der Waals surface area contributed by atoms with E-state index in [1.807, 2.05) is 26.5 Å². The number of rotatable bonds is 7. The zero-order valence-corrected chi connectivity index (χ0v) is 20.0. The molecule has 1 aromatic carbocycles. The third kappa shape index (κ3) is 4.84. The summed E-state index contributed by atoms with van der Waals surface area (Å²) in [5, 5.41) is 9.52. The van der Waals surface area contributed by atoms with Crippen molar-refractivity contribution in [1.29, 1.82) is 0 Å². The number of halogens is 2. The molecule has 12 heteroatoms. The van der Waals surface area contributed by atoms with E-state index in [1.165, 1.54) is 6.20 Å². The average molecular weight is 499 g/mol. The lowest BCUT2D eigenvalue weighted by Crippen LogP contribution is -2.47. The SMILES string of the molecule is CN(c1cnn(C)c1)[C@H]1CCCC[C@@H]1Nc1cc(F)c(S(=O)(=O)Nc2nccs2)cc1Cl. The Morgan fingerprint density at radius 2 is 2.09 bits per heavy atom. The van der Waals surface area contributed by atoms with E-state index in [1.54, 1.807) is 10.1 Å². The van der Waals surface area contributed by atoms with E-state index in [0.717, 1.165) is 54.8 Å². The van der Waals surface area contributed by atoms with Crippen LogP contribution in [0.25, 0.3) is 0 Å². The van der Waals surface area contributed by atoms with Gasteiger partial charge in [0.05, 0.1) is 22.6 Å². The first kappa shape index (κ1) is 22.8. The summed E-state index contributed by atoms with van der Waals surface area (Å²) in [5.41, 5.74) is 1.37. The number of thiazole rings is 1. The van der Waals surface area contributed by atoms with Gasteiger partial charge >= 0.3 is 0 Å². The highest BCUT2D eigenvalue weighted by Gasteiger charge is 2.30. The number of aromatic nitrogens is 3. The van der Waals surface area contributed by atoms with Crippen LogP contribution in [0, 0.1) is 5.82 Å². The molecule has 2 atom stereocenters. The highest BCUT2D eigenvalue weighted by atomic mass is 35.5. The van der Waals surface area contributed by atoms with Gasteiger partial charge in [-0.15, -0.1) is 11.3 Å². The number of likely N-dealkylation sites (N-methyl/N-ethyl adjacent to an activating group) is 1. The molecule has 172 valence electrons. The molecule has 1 aliphatic carbocycles. The van der Waals surface area contributed by atoms with E-state index in [9.17, 15) is 12.8 Å². The summed E-state index contributed by atoms with van der Waals surface area (Å²) < 4.78 is 44.1. The minimum Gasteiger partial charge on any atom is -0.379 e. The first-order valence-electron chi connectivity index (χ1n) is 10.1. The van der Waals surface area contributed by atoms with E-state index < -0.39 is 20.7 Å². The quantitative estimate of drug-likeness (QED) is 0.503. The summed E-state index contributed by atoms with van der Waals surface area (Å²) in [6, 6.07) is 2.45. The van der Waals surface area contributed by atoms with Crippen molar-refractivity contribution in [3.8, 4) is 0 Å². The van der Waals surface area contributed by atoms with Gasteiger partial charge in [0.1, 0.15) is 10.7 Å². The minimum atomic E-state index is -4.15. The molecular weight excluding hydrogens is 475 g/mol. The van der Waals surface area contributed by atoms with Crippen LogP contribution >= 0.6 is 22.9 Å². The molecule has 1 saturated carbocycles. The molecule has 32 heavy (non-hydrogen) atoms. The summed E-state index contributed by atoms with van der Waals surface area (Å²) in [7, 11) is -0.263. The first-order chi connectivity index (χ1) is 15.2. The first-order valence-corrected chi connectivity index (χ1v) is 12.9. The maximum absolute atomic E-state index is 14.9. The fourth-order valence-electron chi connectivity index (χ4n) is 4.01. The van der Waals surface area contributed by atoms with Gasteiger partial charge in [0.2, 0.25) is 0 Å². The van der Waals surface area contributed by atoms with E-state index >= 15 is 0 Å². The summed E-state index contributed by atoms with van der Waals surface area (Å²) in [4.78, 5) is 5.53. The Bertz CT molecular complexity index is 1180. The van der Waals surface area contributed by atoms with E-state index in [0.29, 0.717) is 5.69 Å². The molecular formula is C20H24ClFN6O2S2. The summed E-state index contributed by atoms with van der Waals surface area (Å²) >= 11 is 7.50. The van der Waals surface area contributed by atoms with Crippen molar-refractivity contribution in [2.75, 3.05) is 22.0 Å². The average Bonchev–Trinajstić information content (AvgIpc) is 3.41. The molecule has 1 aliphatic rings. The predicted octanol–water partition coefficient (Wildman–Crippen LogP) is 4.33. The lowest BCUT2D eigenvalue weighted by molar-refractivity contribution is 0.392. The van der Waals surface area contributed by atoms with Crippen molar-refractivity contribution in [2.45, 2.75) is 42.7 Å². The molecule has 8 nitrogen and oxygen atoms in total. The molecule has 0 bridgehead atoms. The van der Waals surface area contributed by atoms with Crippen LogP contribution in [0.2, 0.25) is 5.02 Å². The van der Waals surface area contributed by atoms with Gasteiger partial charge in [0.25, 0.3) is 10.0 Å². The predicted molar refractivity (Wildman–Crippen MR) is 126 cm³/mol. The van der Waals surface area contributed by atoms with Gasteiger partial charge in [0.15, 0.2) is 5.13 Å². The number of benzene rings is 1. The maximum Gasteiger partial charge on any atom is 0.266 e. The molecule has 3 aromatic rings. The van der Waals surface area contributed by atoms with Crippen LogP contribution in [0.5, 0.6) is 0 Å². The molecule has 0 spiro atoms. The Hall–Kier alpha value is -2.37. The lowest BCUT2D eigenvalue weighted by atomic mass is 9.89. The Kier molecular flexibility index (Phi) is 6.59. The highest BCUT2D eigenvalue weighted by Crippen LogP contribution is 2.33. The lowest BCUT2D eigenvalue weighted by Gasteiger charge is -2.39. The second-order valence-electron chi connectivity index (χ2n) is 7.79. The smallest absolute Gasteiger partial charge is 0.266 e. The van der Waals surface area contributed by atoms with Crippen LogP contribution in [-0.4, -0.2) is 42.3 Å².